The molecular weight excluding hydrogens is 214 g/mol. The van der Waals surface area contributed by atoms with Gasteiger partial charge in [0.05, 0.1) is 5.60 Å². The molecule has 0 bridgehead atoms. The number of rotatable bonds is 2. The molecule has 3 N–H and O–H groups in total. The molecule has 0 aromatic carbocycles. The van der Waals surface area contributed by atoms with Crippen LogP contribution in [0.5, 0.6) is 0 Å². The molecule has 94 valence electrons. The predicted molar refractivity (Wildman–Crippen MR) is 68.9 cm³/mol. The molecule has 0 saturated carbocycles. The van der Waals surface area contributed by atoms with E-state index in [1.165, 1.54) is 0 Å². The summed E-state index contributed by atoms with van der Waals surface area (Å²) in [4.78, 5) is 6.56. The Kier molecular flexibility index (Phi) is 3.35. The van der Waals surface area contributed by atoms with Crippen molar-refractivity contribution in [3.8, 4) is 0 Å². The Labute approximate surface area is 102 Å². The molecule has 0 radical (unpaired) electrons. The van der Waals surface area contributed by atoms with Crippen molar-refractivity contribution in [3.63, 3.8) is 0 Å². The van der Waals surface area contributed by atoms with Crippen LogP contribution in [0, 0.1) is 0 Å². The second-order valence-corrected chi connectivity index (χ2v) is 5.26. The second kappa shape index (κ2) is 4.63. The number of nitrogens with zero attached hydrogens (tertiary/aromatic N) is 2. The van der Waals surface area contributed by atoms with E-state index < -0.39 is 5.60 Å². The lowest BCUT2D eigenvalue weighted by Gasteiger charge is -2.37. The van der Waals surface area contributed by atoms with Crippen molar-refractivity contribution in [3.05, 3.63) is 23.9 Å². The maximum atomic E-state index is 10.1. The van der Waals surface area contributed by atoms with E-state index in [1.54, 1.807) is 0 Å². The molecule has 2 atom stereocenters. The van der Waals surface area contributed by atoms with Gasteiger partial charge in [-0.3, -0.25) is 0 Å². The van der Waals surface area contributed by atoms with Gasteiger partial charge in [-0.25, -0.2) is 4.98 Å². The average molecular weight is 235 g/mol. The number of nitrogens with two attached hydrogens (primary N) is 1. The van der Waals surface area contributed by atoms with Gasteiger partial charge in [0.2, 0.25) is 0 Å². The molecule has 2 heterocycles. The number of hydrogen-bond donors (Lipinski definition) is 2. The summed E-state index contributed by atoms with van der Waals surface area (Å²) in [6.45, 7) is 5.44. The van der Waals surface area contributed by atoms with Crippen LogP contribution < -0.4 is 10.6 Å². The normalized spacial score (nSPS) is 26.9. The Bertz CT molecular complexity index is 373. The zero-order valence-electron chi connectivity index (χ0n) is 10.6. The Morgan fingerprint density at radius 2 is 2.29 bits per heavy atom. The van der Waals surface area contributed by atoms with Crippen molar-refractivity contribution in [1.82, 2.24) is 4.98 Å². The van der Waals surface area contributed by atoms with Crippen molar-refractivity contribution in [1.29, 1.82) is 0 Å². The molecule has 0 amide bonds. The van der Waals surface area contributed by atoms with Crippen LogP contribution in [0.1, 0.15) is 38.3 Å². The lowest BCUT2D eigenvalue weighted by molar-refractivity contribution is 0.0447. The number of piperidine rings is 1. The highest BCUT2D eigenvalue weighted by atomic mass is 16.3. The molecule has 1 aromatic heterocycles. The van der Waals surface area contributed by atoms with E-state index in [0.717, 1.165) is 30.8 Å². The molecule has 1 aliphatic rings. The molecule has 4 nitrogen and oxygen atoms in total. The van der Waals surface area contributed by atoms with Crippen LogP contribution in [0.25, 0.3) is 0 Å². The monoisotopic (exact) mass is 235 g/mol. The Morgan fingerprint density at radius 1 is 1.53 bits per heavy atom. The molecule has 1 aromatic rings. The van der Waals surface area contributed by atoms with Crippen LogP contribution in [-0.4, -0.2) is 28.8 Å². The van der Waals surface area contributed by atoms with Gasteiger partial charge in [0.25, 0.3) is 0 Å². The fourth-order valence-corrected chi connectivity index (χ4v) is 2.27. The first-order valence-corrected chi connectivity index (χ1v) is 6.17. The van der Waals surface area contributed by atoms with E-state index in [-0.39, 0.29) is 6.04 Å². The number of hydrogen-bond acceptors (Lipinski definition) is 4. The Hall–Kier alpha value is -1.13. The van der Waals surface area contributed by atoms with E-state index in [0.29, 0.717) is 6.54 Å². The minimum atomic E-state index is -0.597. The van der Waals surface area contributed by atoms with Gasteiger partial charge in [-0.1, -0.05) is 6.07 Å². The number of pyridine rings is 1. The number of anilines is 1. The minimum Gasteiger partial charge on any atom is -0.388 e. The maximum absolute atomic E-state index is 10.1. The molecule has 1 saturated heterocycles. The topological polar surface area (TPSA) is 62.4 Å². The first kappa shape index (κ1) is 12.3. The number of β-amino-alcohol motifs (C(OH)–C–C–N with tert-alkyl or cyclic N) is 1. The summed E-state index contributed by atoms with van der Waals surface area (Å²) in [7, 11) is 0. The summed E-state index contributed by atoms with van der Waals surface area (Å²) in [6.07, 6.45) is 3.69. The highest BCUT2D eigenvalue weighted by Gasteiger charge is 2.28. The lowest BCUT2D eigenvalue weighted by Crippen LogP contribution is -2.46. The Balaban J connectivity index is 2.12. The second-order valence-electron chi connectivity index (χ2n) is 5.26. The molecule has 1 unspecified atom stereocenters. The van der Waals surface area contributed by atoms with Gasteiger partial charge in [0.1, 0.15) is 5.82 Å². The van der Waals surface area contributed by atoms with Crippen molar-refractivity contribution in [2.45, 2.75) is 38.3 Å². The van der Waals surface area contributed by atoms with Crippen molar-refractivity contribution in [2.75, 3.05) is 18.0 Å². The molecule has 4 heteroatoms. The highest BCUT2D eigenvalue weighted by molar-refractivity contribution is 5.40. The summed E-state index contributed by atoms with van der Waals surface area (Å²) in [6, 6.07) is 4.01. The summed E-state index contributed by atoms with van der Waals surface area (Å²) >= 11 is 0. The van der Waals surface area contributed by atoms with E-state index >= 15 is 0 Å². The van der Waals surface area contributed by atoms with Crippen molar-refractivity contribution in [2.24, 2.45) is 5.73 Å². The third kappa shape index (κ3) is 2.96. The van der Waals surface area contributed by atoms with E-state index in [2.05, 4.69) is 9.88 Å². The van der Waals surface area contributed by atoms with Crippen molar-refractivity contribution < 1.29 is 5.11 Å². The maximum Gasteiger partial charge on any atom is 0.128 e. The third-order valence-electron chi connectivity index (χ3n) is 3.30. The van der Waals surface area contributed by atoms with Crippen LogP contribution in [0.3, 0.4) is 0 Å². The molecule has 1 aliphatic heterocycles. The zero-order chi connectivity index (χ0) is 12.5. The summed E-state index contributed by atoms with van der Waals surface area (Å²) in [5.74, 6) is 0.925. The smallest absolute Gasteiger partial charge is 0.128 e. The molecule has 2 rings (SSSR count). The Morgan fingerprint density at radius 3 is 2.82 bits per heavy atom. The van der Waals surface area contributed by atoms with Gasteiger partial charge in [0.15, 0.2) is 0 Å². The first-order chi connectivity index (χ1) is 7.98. The van der Waals surface area contributed by atoms with Gasteiger partial charge in [0, 0.05) is 25.3 Å². The lowest BCUT2D eigenvalue weighted by atomic mass is 9.95. The summed E-state index contributed by atoms with van der Waals surface area (Å²) in [5, 5.41) is 10.1. The van der Waals surface area contributed by atoms with Gasteiger partial charge in [-0.05, 0) is 38.3 Å². The van der Waals surface area contributed by atoms with E-state index in [1.807, 2.05) is 32.2 Å². The van der Waals surface area contributed by atoms with Gasteiger partial charge in [-0.2, -0.15) is 0 Å². The van der Waals surface area contributed by atoms with Crippen LogP contribution in [0.15, 0.2) is 18.3 Å². The number of aromatic nitrogens is 1. The molecule has 0 aliphatic carbocycles. The average Bonchev–Trinajstić information content (AvgIpc) is 2.28. The molecule has 0 spiro atoms. The molecule has 1 fully saturated rings. The van der Waals surface area contributed by atoms with Gasteiger partial charge in [-0.15, -0.1) is 0 Å². The highest BCUT2D eigenvalue weighted by Crippen LogP contribution is 2.24. The third-order valence-corrected chi connectivity index (χ3v) is 3.30. The number of aliphatic hydroxyl groups is 1. The largest absolute Gasteiger partial charge is 0.388 e. The fraction of sp³-hybridized carbons (Fsp3) is 0.615. The van der Waals surface area contributed by atoms with Gasteiger partial charge < -0.3 is 15.7 Å². The van der Waals surface area contributed by atoms with E-state index in [9.17, 15) is 5.11 Å². The quantitative estimate of drug-likeness (QED) is 0.814. The van der Waals surface area contributed by atoms with E-state index in [4.69, 9.17) is 5.73 Å². The fourth-order valence-electron chi connectivity index (χ4n) is 2.27. The van der Waals surface area contributed by atoms with Crippen molar-refractivity contribution >= 4 is 5.82 Å². The molecular formula is C13H21N3O. The zero-order valence-corrected chi connectivity index (χ0v) is 10.6. The van der Waals surface area contributed by atoms with Crippen LogP contribution >= 0.6 is 0 Å². The van der Waals surface area contributed by atoms with Gasteiger partial charge >= 0.3 is 0 Å². The van der Waals surface area contributed by atoms with Crippen LogP contribution in [0.2, 0.25) is 0 Å². The summed E-state index contributed by atoms with van der Waals surface area (Å²) in [5.41, 5.74) is 6.23. The van der Waals surface area contributed by atoms with Crippen LogP contribution in [-0.2, 0) is 0 Å². The first-order valence-electron chi connectivity index (χ1n) is 6.17. The SMILES string of the molecule is C[C@H](N)c1ccc(N2CCCC(C)(O)C2)nc1. The predicted octanol–water partition coefficient (Wildman–Crippen LogP) is 1.45. The van der Waals surface area contributed by atoms with Crippen LogP contribution in [0.4, 0.5) is 5.82 Å². The minimum absolute atomic E-state index is 0.0148. The summed E-state index contributed by atoms with van der Waals surface area (Å²) < 4.78 is 0. The molecule has 17 heavy (non-hydrogen) atoms. The standard InChI is InChI=1S/C13H21N3O/c1-10(14)11-4-5-12(15-8-11)16-7-3-6-13(2,17)9-16/h4-5,8,10,17H,3,6-7,9,14H2,1-2H3/t10-,13?/m0/s1.